The molecule has 114 valence electrons. The van der Waals surface area contributed by atoms with Crippen molar-refractivity contribution in [2.24, 2.45) is 0 Å². The van der Waals surface area contributed by atoms with Crippen LogP contribution in [0.5, 0.6) is 0 Å². The van der Waals surface area contributed by atoms with E-state index in [2.05, 4.69) is 38.0 Å². The van der Waals surface area contributed by atoms with Crippen molar-refractivity contribution in [3.8, 4) is 0 Å². The van der Waals surface area contributed by atoms with E-state index in [4.69, 9.17) is 0 Å². The first kappa shape index (κ1) is 16.1. The maximum Gasteiger partial charge on any atom is 0.123 e. The highest BCUT2D eigenvalue weighted by Gasteiger charge is 2.18. The van der Waals surface area contributed by atoms with E-state index >= 15 is 0 Å². The smallest absolute Gasteiger partial charge is 0.123 e. The first-order valence-electron chi connectivity index (χ1n) is 7.27. The van der Waals surface area contributed by atoms with Crippen molar-refractivity contribution in [2.75, 3.05) is 0 Å². The van der Waals surface area contributed by atoms with E-state index in [0.717, 1.165) is 18.5 Å². The summed E-state index contributed by atoms with van der Waals surface area (Å²) in [5.74, 6) is -0.182. The van der Waals surface area contributed by atoms with Gasteiger partial charge in [0.1, 0.15) is 5.82 Å². The van der Waals surface area contributed by atoms with Crippen LogP contribution in [0.2, 0.25) is 0 Å². The third kappa shape index (κ3) is 4.90. The zero-order chi connectivity index (χ0) is 15.5. The van der Waals surface area contributed by atoms with Crippen molar-refractivity contribution in [2.45, 2.75) is 52.1 Å². The van der Waals surface area contributed by atoms with E-state index in [1.54, 1.807) is 11.3 Å². The lowest BCUT2D eigenvalue weighted by atomic mass is 9.98. The van der Waals surface area contributed by atoms with Crippen molar-refractivity contribution < 1.29 is 4.39 Å². The standard InChI is InChI=1S/C17H23FN2S/c1-12(9-13-5-7-14(18)8-6-13)19-10-15-11-20-16(21-15)17(2,3)4/h5-8,11-12,19H,9-10H2,1-4H3. The number of nitrogens with zero attached hydrogens (tertiary/aromatic N) is 1. The fraction of sp³-hybridized carbons (Fsp3) is 0.471. The maximum atomic E-state index is 12.9. The zero-order valence-electron chi connectivity index (χ0n) is 13.1. The summed E-state index contributed by atoms with van der Waals surface area (Å²) in [6, 6.07) is 7.06. The van der Waals surface area contributed by atoms with Gasteiger partial charge in [-0.25, -0.2) is 9.37 Å². The molecule has 1 N–H and O–H groups in total. The maximum absolute atomic E-state index is 12.9. The number of benzene rings is 1. The van der Waals surface area contributed by atoms with Gasteiger partial charge in [0.05, 0.1) is 5.01 Å². The molecule has 0 saturated heterocycles. The molecule has 0 saturated carbocycles. The summed E-state index contributed by atoms with van der Waals surface area (Å²) in [7, 11) is 0. The van der Waals surface area contributed by atoms with Crippen LogP contribution in [-0.2, 0) is 18.4 Å². The molecule has 0 amide bonds. The van der Waals surface area contributed by atoms with Crippen molar-refractivity contribution in [3.05, 3.63) is 51.7 Å². The minimum Gasteiger partial charge on any atom is -0.309 e. The van der Waals surface area contributed by atoms with Crippen LogP contribution in [0.25, 0.3) is 0 Å². The number of rotatable bonds is 5. The second-order valence-corrected chi connectivity index (χ2v) is 7.61. The SMILES string of the molecule is CC(Cc1ccc(F)cc1)NCc1cnc(C(C)(C)C)s1. The highest BCUT2D eigenvalue weighted by Crippen LogP contribution is 2.26. The molecule has 0 radical (unpaired) electrons. The Bertz CT molecular complexity index is 569. The van der Waals surface area contributed by atoms with E-state index in [1.807, 2.05) is 18.3 Å². The highest BCUT2D eigenvalue weighted by molar-refractivity contribution is 7.11. The van der Waals surface area contributed by atoms with E-state index < -0.39 is 0 Å². The number of hydrogen-bond donors (Lipinski definition) is 1. The van der Waals surface area contributed by atoms with Crippen LogP contribution in [-0.4, -0.2) is 11.0 Å². The molecule has 1 atom stereocenters. The summed E-state index contributed by atoms with van der Waals surface area (Å²) in [6.07, 6.45) is 2.86. The van der Waals surface area contributed by atoms with Crippen LogP contribution in [0.1, 0.15) is 43.1 Å². The summed E-state index contributed by atoms with van der Waals surface area (Å²) in [6.45, 7) is 9.52. The molecule has 0 aliphatic heterocycles. The number of hydrogen-bond acceptors (Lipinski definition) is 3. The number of nitrogens with one attached hydrogen (secondary N) is 1. The summed E-state index contributed by atoms with van der Waals surface area (Å²) in [4.78, 5) is 5.75. The molecule has 2 aromatic rings. The van der Waals surface area contributed by atoms with Gasteiger partial charge in [0.25, 0.3) is 0 Å². The van der Waals surface area contributed by atoms with E-state index in [9.17, 15) is 4.39 Å². The van der Waals surface area contributed by atoms with E-state index in [0.29, 0.717) is 6.04 Å². The van der Waals surface area contributed by atoms with Gasteiger partial charge in [0.2, 0.25) is 0 Å². The molecular formula is C17H23FN2S. The fourth-order valence-corrected chi connectivity index (χ4v) is 2.98. The zero-order valence-corrected chi connectivity index (χ0v) is 13.9. The molecule has 0 bridgehead atoms. The van der Waals surface area contributed by atoms with Crippen LogP contribution >= 0.6 is 11.3 Å². The third-order valence-electron chi connectivity index (χ3n) is 3.28. The van der Waals surface area contributed by atoms with Gasteiger partial charge >= 0.3 is 0 Å². The number of halogens is 1. The second kappa shape index (κ2) is 6.67. The van der Waals surface area contributed by atoms with Crippen LogP contribution in [0.3, 0.4) is 0 Å². The monoisotopic (exact) mass is 306 g/mol. The predicted octanol–water partition coefficient (Wildman–Crippen LogP) is 4.30. The lowest BCUT2D eigenvalue weighted by Crippen LogP contribution is -2.27. The molecule has 0 fully saturated rings. The average molecular weight is 306 g/mol. The van der Waals surface area contributed by atoms with Crippen molar-refractivity contribution >= 4 is 11.3 Å². The molecule has 2 rings (SSSR count). The van der Waals surface area contributed by atoms with Gasteiger partial charge in [-0.05, 0) is 31.0 Å². The highest BCUT2D eigenvalue weighted by atomic mass is 32.1. The van der Waals surface area contributed by atoms with Crippen molar-refractivity contribution in [1.29, 1.82) is 0 Å². The second-order valence-electron chi connectivity index (χ2n) is 6.49. The van der Waals surface area contributed by atoms with E-state index in [-0.39, 0.29) is 11.2 Å². The Morgan fingerprint density at radius 1 is 1.24 bits per heavy atom. The minimum atomic E-state index is -0.182. The van der Waals surface area contributed by atoms with Crippen molar-refractivity contribution in [1.82, 2.24) is 10.3 Å². The Kier molecular flexibility index (Phi) is 5.12. The number of aromatic nitrogens is 1. The summed E-state index contributed by atoms with van der Waals surface area (Å²) in [5, 5.41) is 4.68. The molecule has 1 aromatic carbocycles. The first-order valence-corrected chi connectivity index (χ1v) is 8.09. The lowest BCUT2D eigenvalue weighted by molar-refractivity contribution is 0.547. The molecule has 2 nitrogen and oxygen atoms in total. The van der Waals surface area contributed by atoms with Gasteiger partial charge in [0.15, 0.2) is 0 Å². The molecule has 4 heteroatoms. The summed E-state index contributed by atoms with van der Waals surface area (Å²) < 4.78 is 12.9. The largest absolute Gasteiger partial charge is 0.309 e. The molecule has 21 heavy (non-hydrogen) atoms. The molecule has 0 spiro atoms. The summed E-state index contributed by atoms with van der Waals surface area (Å²) in [5.41, 5.74) is 1.26. The quantitative estimate of drug-likeness (QED) is 0.891. The third-order valence-corrected chi connectivity index (χ3v) is 4.70. The normalized spacial score (nSPS) is 13.4. The summed E-state index contributed by atoms with van der Waals surface area (Å²) >= 11 is 1.77. The van der Waals surface area contributed by atoms with Crippen LogP contribution in [0, 0.1) is 5.82 Å². The molecule has 0 aliphatic carbocycles. The Morgan fingerprint density at radius 2 is 1.90 bits per heavy atom. The Morgan fingerprint density at radius 3 is 2.48 bits per heavy atom. The molecule has 1 aromatic heterocycles. The first-order chi connectivity index (χ1) is 9.84. The minimum absolute atomic E-state index is 0.114. The van der Waals surface area contributed by atoms with Crippen molar-refractivity contribution in [3.63, 3.8) is 0 Å². The van der Waals surface area contributed by atoms with E-state index in [1.165, 1.54) is 22.0 Å². The molecule has 0 aliphatic rings. The van der Waals surface area contributed by atoms with Gasteiger partial charge in [-0.15, -0.1) is 11.3 Å². The van der Waals surface area contributed by atoms with Gasteiger partial charge < -0.3 is 5.32 Å². The Balaban J connectivity index is 1.85. The molecular weight excluding hydrogens is 283 g/mol. The van der Waals surface area contributed by atoms with Crippen LogP contribution < -0.4 is 5.32 Å². The topological polar surface area (TPSA) is 24.9 Å². The van der Waals surface area contributed by atoms with Crippen LogP contribution in [0.15, 0.2) is 30.5 Å². The van der Waals surface area contributed by atoms with Gasteiger partial charge in [0, 0.05) is 29.1 Å². The van der Waals surface area contributed by atoms with Gasteiger partial charge in [-0.3, -0.25) is 0 Å². The Hall–Kier alpha value is -1.26. The van der Waals surface area contributed by atoms with Gasteiger partial charge in [-0.2, -0.15) is 0 Å². The van der Waals surface area contributed by atoms with Crippen LogP contribution in [0.4, 0.5) is 4.39 Å². The molecule has 1 heterocycles. The average Bonchev–Trinajstić information content (AvgIpc) is 2.88. The lowest BCUT2D eigenvalue weighted by Gasteiger charge is -2.14. The molecule has 1 unspecified atom stereocenters. The van der Waals surface area contributed by atoms with Gasteiger partial charge in [-0.1, -0.05) is 32.9 Å². The Labute approximate surface area is 130 Å². The predicted molar refractivity (Wildman–Crippen MR) is 87.2 cm³/mol. The number of thiazole rings is 1. The fourth-order valence-electron chi connectivity index (χ4n) is 2.06.